The van der Waals surface area contributed by atoms with Gasteiger partial charge in [-0.25, -0.2) is 4.79 Å². The molecular weight excluding hydrogens is 328 g/mol. The van der Waals surface area contributed by atoms with Gasteiger partial charge in [0.15, 0.2) is 0 Å². The van der Waals surface area contributed by atoms with Gasteiger partial charge in [0.1, 0.15) is 0 Å². The third-order valence-electron chi connectivity index (χ3n) is 6.62. The number of hydrogen-bond acceptors (Lipinski definition) is 4. The Labute approximate surface area is 159 Å². The van der Waals surface area contributed by atoms with E-state index >= 15 is 0 Å². The molecule has 2 heterocycles. The summed E-state index contributed by atoms with van der Waals surface area (Å²) >= 11 is 0. The van der Waals surface area contributed by atoms with Crippen LogP contribution in [0, 0.1) is 0 Å². The first kappa shape index (κ1) is 21.5. The third-order valence-corrected chi connectivity index (χ3v) is 6.62. The van der Waals surface area contributed by atoms with Crippen molar-refractivity contribution in [3.8, 4) is 0 Å². The lowest BCUT2D eigenvalue weighted by Gasteiger charge is -2.54. The van der Waals surface area contributed by atoms with Crippen LogP contribution in [0.15, 0.2) is 0 Å². The Morgan fingerprint density at radius 2 is 1.08 bits per heavy atom. The summed E-state index contributed by atoms with van der Waals surface area (Å²) in [6, 6.07) is 0.125. The monoisotopic (exact) mass is 368 g/mol. The predicted octanol–water partition coefficient (Wildman–Crippen LogP) is 3.35. The lowest BCUT2D eigenvalue weighted by Crippen LogP contribution is -2.65. The summed E-state index contributed by atoms with van der Waals surface area (Å²) in [4.78, 5) is 15.1. The van der Waals surface area contributed by atoms with Crippen molar-refractivity contribution in [2.45, 2.75) is 115 Å². The van der Waals surface area contributed by atoms with Crippen molar-refractivity contribution >= 4 is 6.03 Å². The molecule has 0 atom stereocenters. The zero-order valence-corrected chi connectivity index (χ0v) is 18.2. The molecule has 6 heteroatoms. The average molecular weight is 369 g/mol. The van der Waals surface area contributed by atoms with Crippen LogP contribution in [0.3, 0.4) is 0 Å². The first-order chi connectivity index (χ1) is 11.6. The van der Waals surface area contributed by atoms with Gasteiger partial charge >= 0.3 is 6.03 Å². The molecule has 0 spiro atoms. The number of rotatable bonds is 2. The van der Waals surface area contributed by atoms with E-state index < -0.39 is 0 Å². The van der Waals surface area contributed by atoms with Gasteiger partial charge in [0.05, 0.1) is 0 Å². The molecule has 0 bridgehead atoms. The second kappa shape index (κ2) is 6.64. The van der Waals surface area contributed by atoms with Crippen LogP contribution in [0.25, 0.3) is 0 Å². The van der Waals surface area contributed by atoms with Gasteiger partial charge in [-0.2, -0.15) is 5.06 Å². The Balaban J connectivity index is 1.99. The third kappa shape index (κ3) is 4.34. The minimum atomic E-state index is -0.364. The van der Waals surface area contributed by atoms with Crippen molar-refractivity contribution < 1.29 is 10.0 Å². The van der Waals surface area contributed by atoms with Crippen molar-refractivity contribution in [2.75, 3.05) is 7.05 Å². The van der Waals surface area contributed by atoms with Crippen LogP contribution in [0.4, 0.5) is 4.79 Å². The number of hydroxylamine groups is 2. The molecule has 0 aromatic rings. The standard InChI is InChI=1S/C20H40N4O2/c1-17(2)10-14(11-18(3,4)23(17)9)21-16(25)22-15-12-19(5,6)24(26)20(7,8)13-15/h14-15,26H,10-13H2,1-9H3,(H2,21,22,25). The van der Waals surface area contributed by atoms with Crippen molar-refractivity contribution in [1.82, 2.24) is 20.6 Å². The maximum absolute atomic E-state index is 12.7. The minimum Gasteiger partial charge on any atom is -0.335 e. The van der Waals surface area contributed by atoms with Gasteiger partial charge in [-0.05, 0) is 88.1 Å². The molecule has 3 N–H and O–H groups in total. The SMILES string of the molecule is CN1C(C)(C)CC(NC(=O)NC2CC(C)(C)N(O)C(C)(C)C2)CC1(C)C. The smallest absolute Gasteiger partial charge is 0.315 e. The van der Waals surface area contributed by atoms with Crippen LogP contribution in [-0.4, -0.2) is 62.5 Å². The Kier molecular flexibility index (Phi) is 5.48. The fourth-order valence-corrected chi connectivity index (χ4v) is 5.26. The molecule has 0 aromatic carbocycles. The number of likely N-dealkylation sites (tertiary alicyclic amines) is 1. The molecule has 2 fully saturated rings. The molecular formula is C20H40N4O2. The second-order valence-corrected chi connectivity index (χ2v) is 10.9. The summed E-state index contributed by atoms with van der Waals surface area (Å²) < 4.78 is 0. The summed E-state index contributed by atoms with van der Waals surface area (Å²) in [7, 11) is 2.17. The highest BCUT2D eigenvalue weighted by atomic mass is 16.5. The molecule has 2 rings (SSSR count). The van der Waals surface area contributed by atoms with Gasteiger partial charge in [0.25, 0.3) is 0 Å². The number of nitrogens with one attached hydrogen (secondary N) is 2. The van der Waals surface area contributed by atoms with Crippen LogP contribution in [-0.2, 0) is 0 Å². The topological polar surface area (TPSA) is 67.8 Å². The van der Waals surface area contributed by atoms with Gasteiger partial charge < -0.3 is 15.8 Å². The molecule has 2 amide bonds. The van der Waals surface area contributed by atoms with E-state index in [1.807, 2.05) is 27.7 Å². The van der Waals surface area contributed by atoms with Gasteiger partial charge in [0, 0.05) is 34.2 Å². The lowest BCUT2D eigenvalue weighted by atomic mass is 9.77. The maximum Gasteiger partial charge on any atom is 0.315 e. The van der Waals surface area contributed by atoms with E-state index in [2.05, 4.69) is 50.3 Å². The Morgan fingerprint density at radius 1 is 0.769 bits per heavy atom. The van der Waals surface area contributed by atoms with E-state index in [-0.39, 0.29) is 40.3 Å². The molecule has 0 aromatic heterocycles. The molecule has 152 valence electrons. The quantitative estimate of drug-likeness (QED) is 0.699. The number of amides is 2. The van der Waals surface area contributed by atoms with Crippen LogP contribution in [0.5, 0.6) is 0 Å². The molecule has 0 saturated carbocycles. The average Bonchev–Trinajstić information content (AvgIpc) is 2.40. The number of carbonyl (C=O) groups excluding carboxylic acids is 1. The van der Waals surface area contributed by atoms with Crippen LogP contribution >= 0.6 is 0 Å². The molecule has 0 radical (unpaired) electrons. The Morgan fingerprint density at radius 3 is 1.42 bits per heavy atom. The number of carbonyl (C=O) groups is 1. The zero-order valence-electron chi connectivity index (χ0n) is 18.2. The highest BCUT2D eigenvalue weighted by molar-refractivity contribution is 5.74. The molecule has 26 heavy (non-hydrogen) atoms. The molecule has 2 aliphatic rings. The van der Waals surface area contributed by atoms with Gasteiger partial charge in [-0.1, -0.05) is 0 Å². The molecule has 2 aliphatic heterocycles. The predicted molar refractivity (Wildman–Crippen MR) is 105 cm³/mol. The van der Waals surface area contributed by atoms with Crippen molar-refractivity contribution in [2.24, 2.45) is 0 Å². The molecule has 6 nitrogen and oxygen atoms in total. The zero-order chi connectivity index (χ0) is 20.1. The second-order valence-electron chi connectivity index (χ2n) is 10.9. The van der Waals surface area contributed by atoms with E-state index in [0.29, 0.717) is 0 Å². The number of piperidine rings is 2. The van der Waals surface area contributed by atoms with E-state index in [1.54, 1.807) is 0 Å². The van der Waals surface area contributed by atoms with Crippen molar-refractivity contribution in [3.05, 3.63) is 0 Å². The van der Waals surface area contributed by atoms with E-state index in [4.69, 9.17) is 0 Å². The largest absolute Gasteiger partial charge is 0.335 e. The van der Waals surface area contributed by atoms with Crippen LogP contribution in [0.2, 0.25) is 0 Å². The fourth-order valence-electron chi connectivity index (χ4n) is 5.26. The first-order valence-electron chi connectivity index (χ1n) is 9.87. The number of hydrogen-bond donors (Lipinski definition) is 3. The summed E-state index contributed by atoms with van der Waals surface area (Å²) in [6.45, 7) is 17.0. The van der Waals surface area contributed by atoms with Crippen LogP contribution < -0.4 is 10.6 Å². The maximum atomic E-state index is 12.7. The van der Waals surface area contributed by atoms with Gasteiger partial charge in [-0.15, -0.1) is 0 Å². The highest BCUT2D eigenvalue weighted by Crippen LogP contribution is 2.38. The molecule has 0 unspecified atom stereocenters. The molecule has 2 saturated heterocycles. The Hall–Kier alpha value is -0.850. The highest BCUT2D eigenvalue weighted by Gasteiger charge is 2.46. The summed E-state index contributed by atoms with van der Waals surface area (Å²) in [6.07, 6.45) is 3.33. The minimum absolute atomic E-state index is 0.0475. The summed E-state index contributed by atoms with van der Waals surface area (Å²) in [5, 5.41) is 18.2. The van der Waals surface area contributed by atoms with E-state index in [1.165, 1.54) is 5.06 Å². The lowest BCUT2D eigenvalue weighted by molar-refractivity contribution is -0.245. The fraction of sp³-hybridized carbons (Fsp3) is 0.950. The van der Waals surface area contributed by atoms with Crippen LogP contribution in [0.1, 0.15) is 81.1 Å². The van der Waals surface area contributed by atoms with Gasteiger partial charge in [0.2, 0.25) is 0 Å². The molecule has 0 aliphatic carbocycles. The Bertz CT molecular complexity index is 460. The normalized spacial score (nSPS) is 29.3. The van der Waals surface area contributed by atoms with Gasteiger partial charge in [-0.3, -0.25) is 4.90 Å². The van der Waals surface area contributed by atoms with Crippen molar-refractivity contribution in [3.63, 3.8) is 0 Å². The van der Waals surface area contributed by atoms with Crippen molar-refractivity contribution in [1.29, 1.82) is 0 Å². The first-order valence-corrected chi connectivity index (χ1v) is 9.87. The number of urea groups is 1. The number of nitrogens with zero attached hydrogens (tertiary/aromatic N) is 2. The van der Waals surface area contributed by atoms with E-state index in [0.717, 1.165) is 25.7 Å². The summed E-state index contributed by atoms with van der Waals surface area (Å²) in [5.41, 5.74) is -0.633. The van der Waals surface area contributed by atoms with E-state index in [9.17, 15) is 10.0 Å². The summed E-state index contributed by atoms with van der Waals surface area (Å²) in [5.74, 6) is 0.